The predicted octanol–water partition coefficient (Wildman–Crippen LogP) is 8.29. The molecule has 0 aliphatic heterocycles. The van der Waals surface area contributed by atoms with E-state index in [0.717, 1.165) is 71.9 Å². The van der Waals surface area contributed by atoms with Crippen molar-refractivity contribution in [2.75, 3.05) is 0 Å². The zero-order valence-corrected chi connectivity index (χ0v) is 19.2. The number of furan rings is 1. The quantitative estimate of drug-likeness (QED) is 0.260. The average molecular weight is 462 g/mol. The maximum atomic E-state index is 6.52. The number of nitrogens with zero attached hydrogens (tertiary/aromatic N) is 3. The number of rotatable bonds is 2. The molecule has 0 atom stereocenters. The predicted molar refractivity (Wildman–Crippen MR) is 147 cm³/mol. The lowest BCUT2D eigenvalue weighted by Crippen LogP contribution is -2.03. The SMILES string of the molecule is c1ccc(-c2nc3ccccc3nc2-n2c3ccccc3c3ccc4c5ccccc5oc4c32)cc1. The first-order chi connectivity index (χ1) is 17.9. The van der Waals surface area contributed by atoms with Gasteiger partial charge in [-0.15, -0.1) is 0 Å². The van der Waals surface area contributed by atoms with Crippen LogP contribution in [0.5, 0.6) is 0 Å². The van der Waals surface area contributed by atoms with Crippen LogP contribution >= 0.6 is 0 Å². The van der Waals surface area contributed by atoms with E-state index in [2.05, 4.69) is 65.2 Å². The van der Waals surface area contributed by atoms with Crippen molar-refractivity contribution in [3.8, 4) is 17.1 Å². The molecule has 0 bridgehead atoms. The number of aromatic nitrogens is 3. The molecule has 0 saturated carbocycles. The molecule has 0 amide bonds. The monoisotopic (exact) mass is 461 g/mol. The molecule has 0 N–H and O–H groups in total. The lowest BCUT2D eigenvalue weighted by molar-refractivity contribution is 0.671. The second-order valence-electron chi connectivity index (χ2n) is 9.04. The van der Waals surface area contributed by atoms with Crippen LogP contribution < -0.4 is 0 Å². The van der Waals surface area contributed by atoms with Gasteiger partial charge in [0.05, 0.1) is 22.1 Å². The van der Waals surface area contributed by atoms with Crippen molar-refractivity contribution >= 4 is 54.8 Å². The van der Waals surface area contributed by atoms with Gasteiger partial charge in [0, 0.05) is 27.1 Å². The second-order valence-corrected chi connectivity index (χ2v) is 9.04. The molecular weight excluding hydrogens is 442 g/mol. The molecule has 0 aliphatic carbocycles. The highest BCUT2D eigenvalue weighted by molar-refractivity contribution is 6.21. The van der Waals surface area contributed by atoms with Gasteiger partial charge in [0.1, 0.15) is 11.3 Å². The molecule has 0 spiro atoms. The van der Waals surface area contributed by atoms with Crippen LogP contribution in [0.25, 0.3) is 71.9 Å². The van der Waals surface area contributed by atoms with E-state index in [9.17, 15) is 0 Å². The molecule has 4 nitrogen and oxygen atoms in total. The van der Waals surface area contributed by atoms with Crippen molar-refractivity contribution < 1.29 is 4.42 Å². The molecule has 3 aromatic heterocycles. The minimum Gasteiger partial charge on any atom is -0.454 e. The zero-order valence-electron chi connectivity index (χ0n) is 19.2. The summed E-state index contributed by atoms with van der Waals surface area (Å²) in [5, 5.41) is 4.49. The Bertz CT molecular complexity index is 2100. The van der Waals surface area contributed by atoms with Crippen molar-refractivity contribution in [3.05, 3.63) is 115 Å². The van der Waals surface area contributed by atoms with Gasteiger partial charge in [-0.1, -0.05) is 84.9 Å². The molecule has 0 radical (unpaired) electrons. The maximum Gasteiger partial charge on any atom is 0.165 e. The molecule has 8 aromatic rings. The molecule has 0 saturated heterocycles. The van der Waals surface area contributed by atoms with Gasteiger partial charge in [0.15, 0.2) is 11.4 Å². The van der Waals surface area contributed by atoms with Gasteiger partial charge in [0.25, 0.3) is 0 Å². The molecule has 5 aromatic carbocycles. The Balaban J connectivity index is 1.61. The summed E-state index contributed by atoms with van der Waals surface area (Å²) in [6.07, 6.45) is 0. The summed E-state index contributed by atoms with van der Waals surface area (Å²) in [5.41, 5.74) is 7.40. The third-order valence-electron chi connectivity index (χ3n) is 6.99. The number of para-hydroxylation sites is 4. The van der Waals surface area contributed by atoms with Crippen LogP contribution in [0.4, 0.5) is 0 Å². The summed E-state index contributed by atoms with van der Waals surface area (Å²) >= 11 is 0. The lowest BCUT2D eigenvalue weighted by Gasteiger charge is -2.13. The van der Waals surface area contributed by atoms with Crippen LogP contribution in [0.1, 0.15) is 0 Å². The van der Waals surface area contributed by atoms with E-state index in [1.807, 2.05) is 54.6 Å². The highest BCUT2D eigenvalue weighted by Gasteiger charge is 2.22. The van der Waals surface area contributed by atoms with E-state index in [-0.39, 0.29) is 0 Å². The van der Waals surface area contributed by atoms with Crippen LogP contribution in [-0.4, -0.2) is 14.5 Å². The van der Waals surface area contributed by atoms with E-state index in [1.165, 1.54) is 0 Å². The Kier molecular flexibility index (Phi) is 3.91. The van der Waals surface area contributed by atoms with Crippen molar-refractivity contribution in [1.82, 2.24) is 14.5 Å². The van der Waals surface area contributed by atoms with E-state index in [0.29, 0.717) is 0 Å². The largest absolute Gasteiger partial charge is 0.454 e. The first kappa shape index (κ1) is 19.4. The summed E-state index contributed by atoms with van der Waals surface area (Å²) in [6, 6.07) is 39.4. The minimum atomic E-state index is 0.791. The van der Waals surface area contributed by atoms with Gasteiger partial charge in [-0.05, 0) is 30.3 Å². The van der Waals surface area contributed by atoms with Crippen LogP contribution in [0, 0.1) is 0 Å². The third kappa shape index (κ3) is 2.64. The smallest absolute Gasteiger partial charge is 0.165 e. The Labute approximate surface area is 206 Å². The van der Waals surface area contributed by atoms with Crippen molar-refractivity contribution in [3.63, 3.8) is 0 Å². The summed E-state index contributed by atoms with van der Waals surface area (Å²) in [5.74, 6) is 0.791. The number of hydrogen-bond acceptors (Lipinski definition) is 3. The fraction of sp³-hybridized carbons (Fsp3) is 0. The molecule has 0 aliphatic rings. The highest BCUT2D eigenvalue weighted by atomic mass is 16.3. The Morgan fingerprint density at radius 1 is 0.528 bits per heavy atom. The average Bonchev–Trinajstić information content (AvgIpc) is 3.49. The fourth-order valence-electron chi connectivity index (χ4n) is 5.39. The Morgan fingerprint density at radius 3 is 2.06 bits per heavy atom. The molecular formula is C32H19N3O. The Morgan fingerprint density at radius 2 is 1.19 bits per heavy atom. The summed E-state index contributed by atoms with van der Waals surface area (Å²) in [6.45, 7) is 0. The van der Waals surface area contributed by atoms with E-state index in [4.69, 9.17) is 14.4 Å². The van der Waals surface area contributed by atoms with E-state index < -0.39 is 0 Å². The Hall–Kier alpha value is -4.96. The first-order valence-electron chi connectivity index (χ1n) is 12.0. The zero-order chi connectivity index (χ0) is 23.6. The van der Waals surface area contributed by atoms with Crippen LogP contribution in [0.15, 0.2) is 120 Å². The normalized spacial score (nSPS) is 11.9. The standard InChI is InChI=1S/C32H19N3O/c1-2-10-20(11-3-1)29-32(34-26-15-7-6-14-25(26)33-29)35-27-16-8-4-12-21(27)23-18-19-24-22-13-5-9-17-28(22)36-31(24)30(23)35/h1-19H. The van der Waals surface area contributed by atoms with Gasteiger partial charge < -0.3 is 4.42 Å². The van der Waals surface area contributed by atoms with Crippen molar-refractivity contribution in [1.29, 1.82) is 0 Å². The van der Waals surface area contributed by atoms with Crippen molar-refractivity contribution in [2.24, 2.45) is 0 Å². The van der Waals surface area contributed by atoms with Gasteiger partial charge in [-0.25, -0.2) is 9.97 Å². The topological polar surface area (TPSA) is 43.9 Å². The second kappa shape index (κ2) is 7.27. The molecule has 8 rings (SSSR count). The summed E-state index contributed by atoms with van der Waals surface area (Å²) in [7, 11) is 0. The number of hydrogen-bond donors (Lipinski definition) is 0. The molecule has 0 unspecified atom stereocenters. The number of benzene rings is 5. The molecule has 3 heterocycles. The van der Waals surface area contributed by atoms with E-state index in [1.54, 1.807) is 0 Å². The van der Waals surface area contributed by atoms with Crippen LogP contribution in [0.2, 0.25) is 0 Å². The first-order valence-corrected chi connectivity index (χ1v) is 12.0. The van der Waals surface area contributed by atoms with E-state index >= 15 is 0 Å². The summed E-state index contributed by atoms with van der Waals surface area (Å²) < 4.78 is 8.75. The van der Waals surface area contributed by atoms with Crippen molar-refractivity contribution in [2.45, 2.75) is 0 Å². The van der Waals surface area contributed by atoms with Crippen LogP contribution in [-0.2, 0) is 0 Å². The van der Waals surface area contributed by atoms with Crippen LogP contribution in [0.3, 0.4) is 0 Å². The van der Waals surface area contributed by atoms with Gasteiger partial charge in [-0.2, -0.15) is 0 Å². The summed E-state index contributed by atoms with van der Waals surface area (Å²) in [4.78, 5) is 10.3. The molecule has 4 heteroatoms. The van der Waals surface area contributed by atoms with Gasteiger partial charge in [-0.3, -0.25) is 4.57 Å². The number of fused-ring (bicyclic) bond motifs is 8. The molecule has 0 fully saturated rings. The lowest BCUT2D eigenvalue weighted by atomic mass is 10.1. The fourth-order valence-corrected chi connectivity index (χ4v) is 5.39. The van der Waals surface area contributed by atoms with Gasteiger partial charge >= 0.3 is 0 Å². The maximum absolute atomic E-state index is 6.52. The highest BCUT2D eigenvalue weighted by Crippen LogP contribution is 2.41. The third-order valence-corrected chi connectivity index (χ3v) is 6.99. The molecule has 168 valence electrons. The minimum absolute atomic E-state index is 0.791. The van der Waals surface area contributed by atoms with Gasteiger partial charge in [0.2, 0.25) is 0 Å². The molecule has 36 heavy (non-hydrogen) atoms.